The van der Waals surface area contributed by atoms with Crippen molar-refractivity contribution in [3.8, 4) is 5.75 Å². The average Bonchev–Trinajstić information content (AvgIpc) is 3.00. The van der Waals surface area contributed by atoms with E-state index >= 15 is 0 Å². The molecule has 0 saturated carbocycles. The first kappa shape index (κ1) is 17.3. The molecule has 0 aliphatic heterocycles. The molecule has 1 amide bonds. The summed E-state index contributed by atoms with van der Waals surface area (Å²) in [6.07, 6.45) is 3.71. The zero-order valence-electron chi connectivity index (χ0n) is 14.8. The van der Waals surface area contributed by atoms with Crippen molar-refractivity contribution in [2.45, 2.75) is 32.2 Å². The molecule has 0 fully saturated rings. The Morgan fingerprint density at radius 2 is 2.26 bits per heavy atom. The Hall–Kier alpha value is -3.09. The zero-order valence-corrected chi connectivity index (χ0v) is 14.8. The highest BCUT2D eigenvalue weighted by Gasteiger charge is 2.26. The fourth-order valence-corrected chi connectivity index (χ4v) is 3.56. The second kappa shape index (κ2) is 6.90. The molecule has 0 radical (unpaired) electrons. The molecular weight excluding hydrogens is 351 g/mol. The van der Waals surface area contributed by atoms with Crippen LogP contribution in [0, 0.1) is 12.7 Å². The van der Waals surface area contributed by atoms with E-state index in [4.69, 9.17) is 9.15 Å². The number of amides is 1. The van der Waals surface area contributed by atoms with Gasteiger partial charge in [0.25, 0.3) is 5.91 Å². The molecule has 3 aromatic rings. The molecule has 0 spiro atoms. The molecule has 4 rings (SSSR count). The van der Waals surface area contributed by atoms with Gasteiger partial charge in [-0.05, 0) is 49.9 Å². The third-order valence-electron chi connectivity index (χ3n) is 4.79. The molecule has 1 atom stereocenters. The summed E-state index contributed by atoms with van der Waals surface area (Å²) >= 11 is 0. The van der Waals surface area contributed by atoms with E-state index in [0.717, 1.165) is 41.4 Å². The van der Waals surface area contributed by atoms with Crippen molar-refractivity contribution in [2.24, 2.45) is 0 Å². The molecule has 1 aliphatic carbocycles. The highest BCUT2D eigenvalue weighted by atomic mass is 19.1. The van der Waals surface area contributed by atoms with Crippen LogP contribution < -0.4 is 15.5 Å². The van der Waals surface area contributed by atoms with Crippen molar-refractivity contribution in [1.82, 2.24) is 10.3 Å². The number of hydrogen-bond acceptors (Lipinski definition) is 4. The van der Waals surface area contributed by atoms with Gasteiger partial charge in [-0.2, -0.15) is 0 Å². The number of aromatic nitrogens is 1. The Morgan fingerprint density at radius 3 is 3.07 bits per heavy atom. The summed E-state index contributed by atoms with van der Waals surface area (Å²) in [7, 11) is 0. The highest BCUT2D eigenvalue weighted by molar-refractivity contribution is 5.86. The monoisotopic (exact) mass is 370 g/mol. The molecule has 0 bridgehead atoms. The lowest BCUT2D eigenvalue weighted by Crippen LogP contribution is -2.34. The van der Waals surface area contributed by atoms with Crippen LogP contribution in [0.25, 0.3) is 10.9 Å². The number of fused-ring (bicyclic) bond motifs is 3. The molecule has 6 nitrogen and oxygen atoms in total. The van der Waals surface area contributed by atoms with Gasteiger partial charge in [0.2, 0.25) is 11.2 Å². The maximum atomic E-state index is 13.6. The number of benzene rings is 1. The summed E-state index contributed by atoms with van der Waals surface area (Å²) < 4.78 is 24.0. The predicted molar refractivity (Wildman–Crippen MR) is 97.3 cm³/mol. The van der Waals surface area contributed by atoms with E-state index in [2.05, 4.69) is 10.3 Å². The summed E-state index contributed by atoms with van der Waals surface area (Å²) in [5, 5.41) is 3.79. The Balaban J connectivity index is 1.48. The van der Waals surface area contributed by atoms with Crippen LogP contribution in [0.3, 0.4) is 0 Å². The molecule has 0 unspecified atom stereocenters. The van der Waals surface area contributed by atoms with Gasteiger partial charge in [-0.1, -0.05) is 0 Å². The number of halogens is 1. The number of aryl methyl sites for hydroxylation is 2. The minimum atomic E-state index is -0.335. The molecule has 27 heavy (non-hydrogen) atoms. The van der Waals surface area contributed by atoms with Gasteiger partial charge in [0, 0.05) is 22.7 Å². The number of aromatic amines is 1. The number of hydrogen-bond donors (Lipinski definition) is 2. The molecule has 2 N–H and O–H groups in total. The maximum Gasteiger partial charge on any atom is 0.258 e. The van der Waals surface area contributed by atoms with Gasteiger partial charge < -0.3 is 19.5 Å². The topological polar surface area (TPSA) is 84.3 Å². The molecular formula is C20H19FN2O4. The van der Waals surface area contributed by atoms with Gasteiger partial charge >= 0.3 is 0 Å². The summed E-state index contributed by atoms with van der Waals surface area (Å²) in [5.74, 6) is -0.138. The van der Waals surface area contributed by atoms with E-state index in [1.54, 1.807) is 13.0 Å². The van der Waals surface area contributed by atoms with Crippen molar-refractivity contribution in [2.75, 3.05) is 6.61 Å². The molecule has 7 heteroatoms. The van der Waals surface area contributed by atoms with Crippen molar-refractivity contribution in [3.63, 3.8) is 0 Å². The number of carbonyl (C=O) groups is 1. The smallest absolute Gasteiger partial charge is 0.258 e. The van der Waals surface area contributed by atoms with E-state index in [1.807, 2.05) is 0 Å². The SMILES string of the molecule is Cc1cc(=O)c(OCC(=O)N[C@H]2CCCc3c2[nH]c2ccc(F)cc32)co1. The lowest BCUT2D eigenvalue weighted by atomic mass is 9.91. The van der Waals surface area contributed by atoms with Gasteiger partial charge in [0.15, 0.2) is 6.61 Å². The fourth-order valence-electron chi connectivity index (χ4n) is 3.56. The van der Waals surface area contributed by atoms with E-state index in [1.165, 1.54) is 24.5 Å². The van der Waals surface area contributed by atoms with Crippen LogP contribution in [-0.2, 0) is 11.2 Å². The van der Waals surface area contributed by atoms with E-state index in [0.29, 0.717) is 5.76 Å². The minimum Gasteiger partial charge on any atom is -0.477 e. The lowest BCUT2D eigenvalue weighted by molar-refractivity contribution is -0.124. The van der Waals surface area contributed by atoms with Crippen LogP contribution in [0.1, 0.15) is 35.9 Å². The van der Waals surface area contributed by atoms with Crippen molar-refractivity contribution < 1.29 is 18.3 Å². The Morgan fingerprint density at radius 1 is 1.41 bits per heavy atom. The lowest BCUT2D eigenvalue weighted by Gasteiger charge is -2.23. The zero-order chi connectivity index (χ0) is 19.0. The standard InChI is InChI=1S/C20H19FN2O4/c1-11-7-17(24)18(9-26-11)27-10-19(25)22-16-4-2-3-13-14-8-12(21)5-6-15(14)23-20(13)16/h5-9,16,23H,2-4,10H2,1H3,(H,22,25)/t16-/m0/s1. The van der Waals surface area contributed by atoms with Crippen LogP contribution in [0.2, 0.25) is 0 Å². The van der Waals surface area contributed by atoms with Gasteiger partial charge in [0.1, 0.15) is 17.8 Å². The molecule has 1 aliphatic rings. The number of carbonyl (C=O) groups excluding carboxylic acids is 1. The minimum absolute atomic E-state index is 0.00108. The van der Waals surface area contributed by atoms with Gasteiger partial charge in [-0.25, -0.2) is 4.39 Å². The van der Waals surface area contributed by atoms with Crippen LogP contribution in [0.5, 0.6) is 5.75 Å². The first-order valence-electron chi connectivity index (χ1n) is 8.83. The van der Waals surface area contributed by atoms with E-state index in [9.17, 15) is 14.0 Å². The quantitative estimate of drug-likeness (QED) is 0.739. The average molecular weight is 370 g/mol. The normalized spacial score (nSPS) is 16.1. The van der Waals surface area contributed by atoms with Gasteiger partial charge in [-0.3, -0.25) is 9.59 Å². The largest absolute Gasteiger partial charge is 0.477 e. The first-order chi connectivity index (χ1) is 13.0. The van der Waals surface area contributed by atoms with Gasteiger partial charge in [0.05, 0.1) is 6.04 Å². The summed E-state index contributed by atoms with van der Waals surface area (Å²) in [5.41, 5.74) is 2.48. The Labute approximate surface area is 154 Å². The Kier molecular flexibility index (Phi) is 4.43. The van der Waals surface area contributed by atoms with Gasteiger partial charge in [-0.15, -0.1) is 0 Å². The van der Waals surface area contributed by atoms with Crippen LogP contribution >= 0.6 is 0 Å². The summed E-state index contributed by atoms with van der Waals surface area (Å²) in [6.45, 7) is 1.37. The highest BCUT2D eigenvalue weighted by Crippen LogP contribution is 2.34. The third kappa shape index (κ3) is 3.45. The number of nitrogens with one attached hydrogen (secondary N) is 2. The summed E-state index contributed by atoms with van der Waals surface area (Å²) in [6, 6.07) is 5.76. The number of rotatable bonds is 4. The Bertz CT molecular complexity index is 1070. The maximum absolute atomic E-state index is 13.6. The molecule has 2 aromatic heterocycles. The number of ether oxygens (including phenoxy) is 1. The van der Waals surface area contributed by atoms with Crippen LogP contribution in [0.4, 0.5) is 4.39 Å². The van der Waals surface area contributed by atoms with Crippen molar-refractivity contribution >= 4 is 16.8 Å². The first-order valence-corrected chi connectivity index (χ1v) is 8.83. The second-order valence-corrected chi connectivity index (χ2v) is 6.73. The fraction of sp³-hybridized carbons (Fsp3) is 0.300. The van der Waals surface area contributed by atoms with Crippen LogP contribution in [-0.4, -0.2) is 17.5 Å². The van der Waals surface area contributed by atoms with Crippen molar-refractivity contribution in [3.05, 3.63) is 63.6 Å². The van der Waals surface area contributed by atoms with Crippen LogP contribution in [0.15, 0.2) is 39.7 Å². The predicted octanol–water partition coefficient (Wildman–Crippen LogP) is 3.14. The van der Waals surface area contributed by atoms with E-state index in [-0.39, 0.29) is 35.6 Å². The molecule has 0 saturated heterocycles. The number of H-pyrrole nitrogens is 1. The summed E-state index contributed by atoms with van der Waals surface area (Å²) in [4.78, 5) is 27.4. The molecule has 140 valence electrons. The van der Waals surface area contributed by atoms with Crippen molar-refractivity contribution in [1.29, 1.82) is 0 Å². The van der Waals surface area contributed by atoms with E-state index < -0.39 is 0 Å². The third-order valence-corrected chi connectivity index (χ3v) is 4.79. The second-order valence-electron chi connectivity index (χ2n) is 6.73. The molecule has 1 aromatic carbocycles. The molecule has 2 heterocycles.